The van der Waals surface area contributed by atoms with Crippen LogP contribution in [0.4, 0.5) is 0 Å². The number of amides is 1. The molecule has 0 radical (unpaired) electrons. The van der Waals surface area contributed by atoms with Crippen LogP contribution in [-0.4, -0.2) is 52.2 Å². The molecule has 0 saturated heterocycles. The van der Waals surface area contributed by atoms with Crippen LogP contribution in [-0.2, 0) is 4.79 Å². The number of rotatable bonds is 7. The molecule has 2 N–H and O–H groups in total. The first-order valence-corrected chi connectivity index (χ1v) is 8.72. The molecule has 2 aromatic heterocycles. The molecule has 1 aliphatic carbocycles. The van der Waals surface area contributed by atoms with Crippen LogP contribution in [0.5, 0.6) is 0 Å². The van der Waals surface area contributed by atoms with Gasteiger partial charge in [0.2, 0.25) is 0 Å². The summed E-state index contributed by atoms with van der Waals surface area (Å²) in [5.74, 6) is -0.500. The van der Waals surface area contributed by atoms with Crippen molar-refractivity contribution in [2.24, 2.45) is 0 Å². The smallest absolute Gasteiger partial charge is 0.317 e. The topological polar surface area (TPSA) is 95.7 Å². The predicted octanol–water partition coefficient (Wildman–Crippen LogP) is 2.07. The van der Waals surface area contributed by atoms with Gasteiger partial charge in [-0.2, -0.15) is 0 Å². The molecule has 0 aromatic carbocycles. The van der Waals surface area contributed by atoms with Crippen molar-refractivity contribution in [2.75, 3.05) is 13.1 Å². The second-order valence-corrected chi connectivity index (χ2v) is 6.75. The minimum Gasteiger partial charge on any atom is -0.480 e. The summed E-state index contributed by atoms with van der Waals surface area (Å²) in [6, 6.07) is 5.71. The molecule has 8 heteroatoms. The maximum atomic E-state index is 12.2. The monoisotopic (exact) mass is 349 g/mol. The van der Waals surface area contributed by atoms with E-state index in [0.717, 1.165) is 17.7 Å². The molecular weight excluding hydrogens is 330 g/mol. The van der Waals surface area contributed by atoms with E-state index < -0.39 is 5.97 Å². The molecule has 2 aromatic rings. The van der Waals surface area contributed by atoms with E-state index in [2.05, 4.69) is 10.5 Å². The van der Waals surface area contributed by atoms with E-state index >= 15 is 0 Å². The van der Waals surface area contributed by atoms with Crippen LogP contribution in [0.1, 0.15) is 30.3 Å². The van der Waals surface area contributed by atoms with E-state index in [-0.39, 0.29) is 30.2 Å². The molecule has 0 unspecified atom stereocenters. The number of thiophene rings is 1. The van der Waals surface area contributed by atoms with E-state index in [0.29, 0.717) is 12.3 Å². The normalized spacial score (nSPS) is 19.9. The largest absolute Gasteiger partial charge is 0.480 e. The molecule has 1 fully saturated rings. The van der Waals surface area contributed by atoms with Crippen LogP contribution in [0, 0.1) is 0 Å². The molecule has 128 valence electrons. The first-order valence-electron chi connectivity index (χ1n) is 7.84. The molecule has 0 aliphatic heterocycles. The lowest BCUT2D eigenvalue weighted by Crippen LogP contribution is -2.54. The van der Waals surface area contributed by atoms with Gasteiger partial charge in [0, 0.05) is 18.2 Å². The summed E-state index contributed by atoms with van der Waals surface area (Å²) in [6.45, 7) is 2.66. The minimum atomic E-state index is -0.826. The van der Waals surface area contributed by atoms with Crippen LogP contribution in [0.3, 0.4) is 0 Å². The van der Waals surface area contributed by atoms with E-state index in [1.807, 2.05) is 29.3 Å². The van der Waals surface area contributed by atoms with Crippen LogP contribution in [0.15, 0.2) is 28.1 Å². The Kier molecular flexibility index (Phi) is 4.96. The molecule has 7 nitrogen and oxygen atoms in total. The Morgan fingerprint density at radius 3 is 2.92 bits per heavy atom. The van der Waals surface area contributed by atoms with Gasteiger partial charge in [0.25, 0.3) is 5.91 Å². The third-order valence-electron chi connectivity index (χ3n) is 4.22. The van der Waals surface area contributed by atoms with E-state index in [4.69, 9.17) is 9.63 Å². The van der Waals surface area contributed by atoms with Gasteiger partial charge in [-0.25, -0.2) is 0 Å². The highest BCUT2D eigenvalue weighted by Gasteiger charge is 2.35. The number of hydrogen-bond acceptors (Lipinski definition) is 6. The van der Waals surface area contributed by atoms with Gasteiger partial charge in [0.05, 0.1) is 11.4 Å². The second kappa shape index (κ2) is 7.14. The quantitative estimate of drug-likeness (QED) is 0.794. The van der Waals surface area contributed by atoms with Gasteiger partial charge in [0.15, 0.2) is 11.5 Å². The van der Waals surface area contributed by atoms with E-state index in [9.17, 15) is 9.59 Å². The number of carboxylic acids is 1. The molecule has 1 saturated carbocycles. The molecular formula is C16H19N3O4S. The van der Waals surface area contributed by atoms with Gasteiger partial charge in [-0.1, -0.05) is 18.1 Å². The fourth-order valence-electron chi connectivity index (χ4n) is 2.85. The molecule has 3 rings (SSSR count). The molecule has 24 heavy (non-hydrogen) atoms. The SMILES string of the molecule is CCN(CC(=O)O)C1CC(NC(=O)c2cc(-c3cccs3)on2)C1. The van der Waals surface area contributed by atoms with Crippen molar-refractivity contribution in [2.45, 2.75) is 31.8 Å². The van der Waals surface area contributed by atoms with Gasteiger partial charge >= 0.3 is 5.97 Å². The number of carboxylic acid groups (broad SMARTS) is 1. The number of aliphatic carboxylic acids is 1. The standard InChI is InChI=1S/C16H19N3O4S/c1-2-19(9-15(20)21)11-6-10(7-11)17-16(22)12-8-13(23-18-12)14-4-3-5-24-14/h3-5,8,10-11H,2,6-7,9H2,1H3,(H,17,22)(H,20,21). The summed E-state index contributed by atoms with van der Waals surface area (Å²) in [6.07, 6.45) is 1.50. The summed E-state index contributed by atoms with van der Waals surface area (Å²) < 4.78 is 5.21. The first kappa shape index (κ1) is 16.7. The fraction of sp³-hybridized carbons (Fsp3) is 0.438. The first-order chi connectivity index (χ1) is 11.6. The summed E-state index contributed by atoms with van der Waals surface area (Å²) >= 11 is 1.52. The van der Waals surface area contributed by atoms with Crippen molar-refractivity contribution in [1.29, 1.82) is 0 Å². The summed E-state index contributed by atoms with van der Waals surface area (Å²) in [7, 11) is 0. The van der Waals surface area contributed by atoms with Crippen molar-refractivity contribution in [3.63, 3.8) is 0 Å². The highest BCUT2D eigenvalue weighted by molar-refractivity contribution is 7.13. The molecule has 0 bridgehead atoms. The Bertz CT molecular complexity index is 707. The van der Waals surface area contributed by atoms with E-state index in [1.54, 1.807) is 6.07 Å². The Morgan fingerprint density at radius 1 is 1.50 bits per heavy atom. The Morgan fingerprint density at radius 2 is 2.29 bits per heavy atom. The van der Waals surface area contributed by atoms with E-state index in [1.165, 1.54) is 11.3 Å². The Labute approximate surface area is 143 Å². The highest BCUT2D eigenvalue weighted by Crippen LogP contribution is 2.27. The molecule has 1 amide bonds. The Balaban J connectivity index is 1.51. The molecule has 0 atom stereocenters. The van der Waals surface area contributed by atoms with Crippen molar-refractivity contribution in [1.82, 2.24) is 15.4 Å². The zero-order valence-corrected chi connectivity index (χ0v) is 14.1. The van der Waals surface area contributed by atoms with Crippen molar-refractivity contribution >= 4 is 23.2 Å². The van der Waals surface area contributed by atoms with Gasteiger partial charge in [-0.3, -0.25) is 14.5 Å². The lowest BCUT2D eigenvalue weighted by atomic mass is 9.85. The van der Waals surface area contributed by atoms with Crippen molar-refractivity contribution < 1.29 is 19.2 Å². The lowest BCUT2D eigenvalue weighted by molar-refractivity contribution is -0.139. The number of likely N-dealkylation sites (N-methyl/N-ethyl adjacent to an activating group) is 1. The van der Waals surface area contributed by atoms with Gasteiger partial charge < -0.3 is 14.9 Å². The maximum Gasteiger partial charge on any atom is 0.317 e. The number of carbonyl (C=O) groups excluding carboxylic acids is 1. The van der Waals surface area contributed by atoms with Gasteiger partial charge in [0.1, 0.15) is 0 Å². The number of nitrogens with zero attached hydrogens (tertiary/aromatic N) is 2. The maximum absolute atomic E-state index is 12.2. The zero-order valence-electron chi connectivity index (χ0n) is 13.3. The third kappa shape index (κ3) is 3.65. The predicted molar refractivity (Wildman–Crippen MR) is 89.0 cm³/mol. The molecule has 1 aliphatic rings. The minimum absolute atomic E-state index is 0.0370. The van der Waals surface area contributed by atoms with Gasteiger partial charge in [-0.05, 0) is 30.8 Å². The lowest BCUT2D eigenvalue weighted by Gasteiger charge is -2.42. The summed E-state index contributed by atoms with van der Waals surface area (Å²) in [5.41, 5.74) is 0.264. The zero-order chi connectivity index (χ0) is 17.1. The number of carbonyl (C=O) groups is 2. The highest BCUT2D eigenvalue weighted by atomic mass is 32.1. The van der Waals surface area contributed by atoms with Crippen molar-refractivity contribution in [3.8, 4) is 10.6 Å². The van der Waals surface area contributed by atoms with Crippen LogP contribution in [0.2, 0.25) is 0 Å². The second-order valence-electron chi connectivity index (χ2n) is 5.81. The summed E-state index contributed by atoms with van der Waals surface area (Å²) in [4.78, 5) is 25.9. The van der Waals surface area contributed by atoms with Gasteiger partial charge in [-0.15, -0.1) is 11.3 Å². The van der Waals surface area contributed by atoms with Crippen molar-refractivity contribution in [3.05, 3.63) is 29.3 Å². The number of hydrogen-bond donors (Lipinski definition) is 2. The molecule has 2 heterocycles. The molecule has 0 spiro atoms. The number of nitrogens with one attached hydrogen (secondary N) is 1. The van der Waals surface area contributed by atoms with Crippen LogP contribution in [0.25, 0.3) is 10.6 Å². The third-order valence-corrected chi connectivity index (χ3v) is 5.10. The average molecular weight is 349 g/mol. The summed E-state index contributed by atoms with van der Waals surface area (Å²) in [5, 5.41) is 17.6. The Hall–Kier alpha value is -2.19. The van der Waals surface area contributed by atoms with Crippen LogP contribution < -0.4 is 5.32 Å². The number of aromatic nitrogens is 1. The average Bonchev–Trinajstić information content (AvgIpc) is 3.18. The van der Waals surface area contributed by atoms with Crippen LogP contribution >= 0.6 is 11.3 Å². The fourth-order valence-corrected chi connectivity index (χ4v) is 3.53.